The lowest BCUT2D eigenvalue weighted by molar-refractivity contribution is 0.390. The normalized spacial score (nSPS) is 10.8. The van der Waals surface area contributed by atoms with E-state index in [-0.39, 0.29) is 0 Å². The molecule has 0 aliphatic carbocycles. The zero-order valence-electron chi connectivity index (χ0n) is 8.21. The van der Waals surface area contributed by atoms with Gasteiger partial charge in [-0.1, -0.05) is 18.5 Å². The molecule has 0 amide bonds. The van der Waals surface area contributed by atoms with E-state index in [2.05, 4.69) is 9.97 Å². The van der Waals surface area contributed by atoms with Crippen molar-refractivity contribution in [1.29, 1.82) is 0 Å². The van der Waals surface area contributed by atoms with Gasteiger partial charge in [-0.3, -0.25) is 0 Å². The highest BCUT2D eigenvalue weighted by Crippen LogP contribution is 2.12. The maximum Gasteiger partial charge on any atom is 0.143 e. The standard InChI is InChI=1S/C9H14ClN3/c1-4-7-5-11-8(6-13(2)3)12-9(7)10/h5H,4,6H2,1-3H3. The molecule has 1 heterocycles. The van der Waals surface area contributed by atoms with E-state index < -0.39 is 0 Å². The van der Waals surface area contributed by atoms with E-state index in [1.165, 1.54) is 0 Å². The summed E-state index contributed by atoms with van der Waals surface area (Å²) in [5.74, 6) is 0.771. The molecule has 0 aromatic carbocycles. The van der Waals surface area contributed by atoms with Crippen molar-refractivity contribution in [2.24, 2.45) is 0 Å². The van der Waals surface area contributed by atoms with Crippen LogP contribution in [-0.2, 0) is 13.0 Å². The van der Waals surface area contributed by atoms with Crippen LogP contribution in [-0.4, -0.2) is 29.0 Å². The molecule has 0 unspecified atom stereocenters. The molecule has 0 radical (unpaired) electrons. The Labute approximate surface area is 83.8 Å². The number of rotatable bonds is 3. The summed E-state index contributed by atoms with van der Waals surface area (Å²) in [6.07, 6.45) is 2.68. The first-order chi connectivity index (χ1) is 6.13. The molecule has 3 nitrogen and oxygen atoms in total. The van der Waals surface area contributed by atoms with Crippen molar-refractivity contribution >= 4 is 11.6 Å². The number of aromatic nitrogens is 2. The lowest BCUT2D eigenvalue weighted by Crippen LogP contribution is -2.13. The Hall–Kier alpha value is -0.670. The SMILES string of the molecule is CCc1cnc(CN(C)C)nc1Cl. The van der Waals surface area contributed by atoms with Crippen LogP contribution in [0, 0.1) is 0 Å². The van der Waals surface area contributed by atoms with Crippen molar-refractivity contribution in [3.05, 3.63) is 22.7 Å². The zero-order valence-corrected chi connectivity index (χ0v) is 8.97. The minimum absolute atomic E-state index is 0.578. The molecule has 0 fully saturated rings. The van der Waals surface area contributed by atoms with Crippen LogP contribution in [0.25, 0.3) is 0 Å². The van der Waals surface area contributed by atoms with Crippen LogP contribution >= 0.6 is 11.6 Å². The summed E-state index contributed by atoms with van der Waals surface area (Å²) < 4.78 is 0. The predicted molar refractivity (Wildman–Crippen MR) is 53.8 cm³/mol. The maximum absolute atomic E-state index is 5.94. The molecule has 0 saturated heterocycles. The summed E-state index contributed by atoms with van der Waals surface area (Å²) in [7, 11) is 3.95. The molecular formula is C9H14ClN3. The van der Waals surface area contributed by atoms with E-state index in [0.29, 0.717) is 5.15 Å². The first kappa shape index (κ1) is 10.4. The molecule has 1 rings (SSSR count). The number of halogens is 1. The van der Waals surface area contributed by atoms with Gasteiger partial charge in [-0.15, -0.1) is 0 Å². The fourth-order valence-electron chi connectivity index (χ4n) is 1.02. The molecule has 0 spiro atoms. The van der Waals surface area contributed by atoms with Gasteiger partial charge in [-0.05, 0) is 20.5 Å². The molecule has 0 aliphatic rings. The first-order valence-electron chi connectivity index (χ1n) is 4.28. The average Bonchev–Trinajstić information content (AvgIpc) is 2.03. The number of hydrogen-bond acceptors (Lipinski definition) is 3. The van der Waals surface area contributed by atoms with Crippen LogP contribution in [0.4, 0.5) is 0 Å². The molecule has 1 aromatic rings. The molecule has 0 atom stereocenters. The zero-order chi connectivity index (χ0) is 9.84. The minimum Gasteiger partial charge on any atom is -0.302 e. The lowest BCUT2D eigenvalue weighted by atomic mass is 10.3. The lowest BCUT2D eigenvalue weighted by Gasteiger charge is -2.08. The van der Waals surface area contributed by atoms with Crippen LogP contribution in [0.15, 0.2) is 6.20 Å². The van der Waals surface area contributed by atoms with Crippen molar-refractivity contribution in [3.63, 3.8) is 0 Å². The smallest absolute Gasteiger partial charge is 0.143 e. The number of aryl methyl sites for hydroxylation is 1. The van der Waals surface area contributed by atoms with E-state index >= 15 is 0 Å². The fourth-order valence-corrected chi connectivity index (χ4v) is 1.30. The van der Waals surface area contributed by atoms with Gasteiger partial charge in [-0.2, -0.15) is 0 Å². The molecular weight excluding hydrogens is 186 g/mol. The Morgan fingerprint density at radius 1 is 1.46 bits per heavy atom. The van der Waals surface area contributed by atoms with E-state index in [9.17, 15) is 0 Å². The van der Waals surface area contributed by atoms with E-state index in [1.54, 1.807) is 6.20 Å². The summed E-state index contributed by atoms with van der Waals surface area (Å²) in [6.45, 7) is 2.76. The van der Waals surface area contributed by atoms with Gasteiger partial charge in [0.2, 0.25) is 0 Å². The minimum atomic E-state index is 0.578. The summed E-state index contributed by atoms with van der Waals surface area (Å²) >= 11 is 5.94. The fraction of sp³-hybridized carbons (Fsp3) is 0.556. The van der Waals surface area contributed by atoms with E-state index in [4.69, 9.17) is 11.6 Å². The second-order valence-electron chi connectivity index (χ2n) is 3.19. The van der Waals surface area contributed by atoms with Crippen LogP contribution in [0.2, 0.25) is 5.15 Å². The van der Waals surface area contributed by atoms with Gasteiger partial charge in [0.15, 0.2) is 0 Å². The second kappa shape index (κ2) is 4.53. The topological polar surface area (TPSA) is 29.0 Å². The Bertz CT molecular complexity index is 286. The largest absolute Gasteiger partial charge is 0.302 e. The van der Waals surface area contributed by atoms with Crippen LogP contribution in [0.5, 0.6) is 0 Å². The summed E-state index contributed by atoms with van der Waals surface area (Å²) in [5, 5.41) is 0.578. The van der Waals surface area contributed by atoms with Crippen LogP contribution < -0.4 is 0 Å². The Morgan fingerprint density at radius 3 is 2.62 bits per heavy atom. The summed E-state index contributed by atoms with van der Waals surface area (Å²) in [4.78, 5) is 10.4. The van der Waals surface area contributed by atoms with Gasteiger partial charge in [0.25, 0.3) is 0 Å². The van der Waals surface area contributed by atoms with Crippen molar-refractivity contribution in [3.8, 4) is 0 Å². The molecule has 0 aliphatic heterocycles. The van der Waals surface area contributed by atoms with Crippen molar-refractivity contribution < 1.29 is 0 Å². The summed E-state index contributed by atoms with van der Waals surface area (Å²) in [6, 6.07) is 0. The van der Waals surface area contributed by atoms with Gasteiger partial charge in [-0.25, -0.2) is 9.97 Å². The first-order valence-corrected chi connectivity index (χ1v) is 4.66. The molecule has 4 heteroatoms. The third kappa shape index (κ3) is 2.94. The third-order valence-corrected chi connectivity index (χ3v) is 2.03. The molecule has 13 heavy (non-hydrogen) atoms. The van der Waals surface area contributed by atoms with Gasteiger partial charge >= 0.3 is 0 Å². The number of nitrogens with zero attached hydrogens (tertiary/aromatic N) is 3. The molecule has 1 aromatic heterocycles. The van der Waals surface area contributed by atoms with Crippen molar-refractivity contribution in [2.45, 2.75) is 19.9 Å². The third-order valence-electron chi connectivity index (χ3n) is 1.70. The van der Waals surface area contributed by atoms with Gasteiger partial charge < -0.3 is 4.90 Å². The Balaban J connectivity index is 2.83. The quantitative estimate of drug-likeness (QED) is 0.695. The Kier molecular flexibility index (Phi) is 3.63. The molecule has 0 bridgehead atoms. The average molecular weight is 200 g/mol. The van der Waals surface area contributed by atoms with Crippen LogP contribution in [0.3, 0.4) is 0 Å². The molecule has 0 N–H and O–H groups in total. The van der Waals surface area contributed by atoms with Crippen molar-refractivity contribution in [1.82, 2.24) is 14.9 Å². The molecule has 72 valence electrons. The van der Waals surface area contributed by atoms with Gasteiger partial charge in [0.05, 0.1) is 6.54 Å². The second-order valence-corrected chi connectivity index (χ2v) is 3.55. The highest BCUT2D eigenvalue weighted by molar-refractivity contribution is 6.30. The van der Waals surface area contributed by atoms with Gasteiger partial charge in [0, 0.05) is 11.8 Å². The Morgan fingerprint density at radius 2 is 2.15 bits per heavy atom. The highest BCUT2D eigenvalue weighted by Gasteiger charge is 2.03. The van der Waals surface area contributed by atoms with Crippen molar-refractivity contribution in [2.75, 3.05) is 14.1 Å². The number of hydrogen-bond donors (Lipinski definition) is 0. The van der Waals surface area contributed by atoms with E-state index in [1.807, 2.05) is 25.9 Å². The monoisotopic (exact) mass is 199 g/mol. The maximum atomic E-state index is 5.94. The predicted octanol–water partition coefficient (Wildman–Crippen LogP) is 1.75. The van der Waals surface area contributed by atoms with E-state index in [0.717, 1.165) is 24.4 Å². The summed E-state index contributed by atoms with van der Waals surface area (Å²) in [5.41, 5.74) is 1.00. The molecule has 0 saturated carbocycles. The van der Waals surface area contributed by atoms with Gasteiger partial charge in [0.1, 0.15) is 11.0 Å². The van der Waals surface area contributed by atoms with Crippen LogP contribution in [0.1, 0.15) is 18.3 Å². The highest BCUT2D eigenvalue weighted by atomic mass is 35.5.